The molecule has 3 heterocycles. The van der Waals surface area contributed by atoms with Crippen LogP contribution in [0.3, 0.4) is 0 Å². The van der Waals surface area contributed by atoms with Gasteiger partial charge in [0.1, 0.15) is 17.0 Å². The molecule has 1 aliphatic carbocycles. The third-order valence-corrected chi connectivity index (χ3v) is 7.13. The smallest absolute Gasteiger partial charge is 0.368 e. The van der Waals surface area contributed by atoms with Crippen LogP contribution in [0.2, 0.25) is 0 Å². The van der Waals surface area contributed by atoms with Crippen molar-refractivity contribution in [2.24, 2.45) is 0 Å². The molecule has 9 heteroatoms. The summed E-state index contributed by atoms with van der Waals surface area (Å²) in [6.07, 6.45) is 2.11. The average Bonchev–Trinajstić information content (AvgIpc) is 3.20. The number of hydrogen-bond donors (Lipinski definition) is 1. The molecule has 0 saturated carbocycles. The molecule has 5 nitrogen and oxygen atoms in total. The molecule has 2 aliphatic rings. The molecule has 2 aromatic heterocycles. The van der Waals surface area contributed by atoms with Crippen molar-refractivity contribution in [3.05, 3.63) is 16.8 Å². The summed E-state index contributed by atoms with van der Waals surface area (Å²) in [5, 5.41) is 4.45. The first-order valence-electron chi connectivity index (χ1n) is 9.78. The van der Waals surface area contributed by atoms with E-state index >= 15 is 0 Å². The Morgan fingerprint density at radius 2 is 2.11 bits per heavy atom. The Morgan fingerprint density at radius 3 is 2.86 bits per heavy atom. The van der Waals surface area contributed by atoms with Crippen molar-refractivity contribution in [1.29, 1.82) is 0 Å². The second-order valence-electron chi connectivity index (χ2n) is 8.02. The SMILES string of the molecule is CN(C)[C@@H]1CCN(CC(F)(F)F)[C@H](CNc2ncnc3sc4c(c23)CCC4)C1. The molecule has 0 amide bonds. The minimum Gasteiger partial charge on any atom is -0.368 e. The number of piperidine rings is 1. The Balaban J connectivity index is 1.53. The van der Waals surface area contributed by atoms with Gasteiger partial charge in [-0.1, -0.05) is 0 Å². The number of likely N-dealkylation sites (tertiary alicyclic amines) is 1. The van der Waals surface area contributed by atoms with E-state index in [4.69, 9.17) is 0 Å². The fourth-order valence-corrected chi connectivity index (χ4v) is 5.70. The number of halogens is 3. The maximum Gasteiger partial charge on any atom is 0.401 e. The number of alkyl halides is 3. The molecule has 0 radical (unpaired) electrons. The van der Waals surface area contributed by atoms with Gasteiger partial charge in [-0.3, -0.25) is 4.90 Å². The number of fused-ring (bicyclic) bond motifs is 3. The van der Waals surface area contributed by atoms with Gasteiger partial charge in [-0.15, -0.1) is 11.3 Å². The van der Waals surface area contributed by atoms with E-state index in [1.807, 2.05) is 14.1 Å². The topological polar surface area (TPSA) is 44.3 Å². The van der Waals surface area contributed by atoms with Gasteiger partial charge in [-0.05, 0) is 51.8 Å². The van der Waals surface area contributed by atoms with Gasteiger partial charge in [0.2, 0.25) is 0 Å². The number of rotatable bonds is 5. The molecule has 0 unspecified atom stereocenters. The largest absolute Gasteiger partial charge is 0.401 e. The summed E-state index contributed by atoms with van der Waals surface area (Å²) >= 11 is 1.72. The highest BCUT2D eigenvalue weighted by atomic mass is 32.1. The fourth-order valence-electron chi connectivity index (χ4n) is 4.48. The molecule has 1 saturated heterocycles. The Morgan fingerprint density at radius 1 is 1.29 bits per heavy atom. The van der Waals surface area contributed by atoms with Crippen LogP contribution in [0.15, 0.2) is 6.33 Å². The van der Waals surface area contributed by atoms with Crippen LogP contribution in [0.25, 0.3) is 10.2 Å². The van der Waals surface area contributed by atoms with E-state index in [-0.39, 0.29) is 6.04 Å². The summed E-state index contributed by atoms with van der Waals surface area (Å²) in [5.41, 5.74) is 1.32. The standard InChI is InChI=1S/C19H26F3N5S/c1-26(2)12-6-7-27(10-19(20,21)22)13(8-12)9-23-17-16-14-4-3-5-15(14)28-18(16)25-11-24-17/h11-13H,3-10H2,1-2H3,(H,23,24,25)/t12-,13+/m1/s1. The number of aromatic nitrogens is 2. The first-order chi connectivity index (χ1) is 13.3. The van der Waals surface area contributed by atoms with E-state index in [0.717, 1.165) is 41.7 Å². The average molecular weight is 414 g/mol. The lowest BCUT2D eigenvalue weighted by atomic mass is 9.96. The van der Waals surface area contributed by atoms with Crippen molar-refractivity contribution in [2.75, 3.05) is 39.0 Å². The minimum absolute atomic E-state index is 0.181. The molecule has 1 aliphatic heterocycles. The zero-order valence-electron chi connectivity index (χ0n) is 16.2. The Labute approximate surface area is 166 Å². The quantitative estimate of drug-likeness (QED) is 0.812. The molecule has 0 aromatic carbocycles. The molecule has 2 atom stereocenters. The van der Waals surface area contributed by atoms with Gasteiger partial charge in [0, 0.05) is 30.1 Å². The number of hydrogen-bond acceptors (Lipinski definition) is 6. The lowest BCUT2D eigenvalue weighted by Gasteiger charge is -2.42. The lowest BCUT2D eigenvalue weighted by molar-refractivity contribution is -0.154. The number of aryl methyl sites for hydroxylation is 2. The first-order valence-corrected chi connectivity index (χ1v) is 10.6. The van der Waals surface area contributed by atoms with Crippen molar-refractivity contribution in [1.82, 2.24) is 19.8 Å². The molecular formula is C19H26F3N5S. The zero-order chi connectivity index (χ0) is 19.9. The summed E-state index contributed by atoms with van der Waals surface area (Å²) in [4.78, 5) is 14.9. The maximum atomic E-state index is 13.1. The summed E-state index contributed by atoms with van der Waals surface area (Å²) in [6, 6.07) is 0.117. The van der Waals surface area contributed by atoms with E-state index in [1.54, 1.807) is 22.6 Å². The van der Waals surface area contributed by atoms with Crippen molar-refractivity contribution < 1.29 is 13.2 Å². The Kier molecular flexibility index (Phi) is 5.50. The summed E-state index contributed by atoms with van der Waals surface area (Å²) in [5.74, 6) is 0.767. The van der Waals surface area contributed by atoms with Gasteiger partial charge in [-0.2, -0.15) is 13.2 Å². The second-order valence-corrected chi connectivity index (χ2v) is 9.11. The van der Waals surface area contributed by atoms with E-state index in [2.05, 4.69) is 20.2 Å². The van der Waals surface area contributed by atoms with Gasteiger partial charge in [0.25, 0.3) is 0 Å². The van der Waals surface area contributed by atoms with E-state index < -0.39 is 12.7 Å². The molecule has 1 N–H and O–H groups in total. The number of thiophene rings is 1. The van der Waals surface area contributed by atoms with Crippen molar-refractivity contribution in [3.8, 4) is 0 Å². The molecular weight excluding hydrogens is 387 g/mol. The molecule has 154 valence electrons. The Bertz CT molecular complexity index is 835. The third kappa shape index (κ3) is 4.11. The fraction of sp³-hybridized carbons (Fsp3) is 0.684. The number of anilines is 1. The first kappa shape index (κ1) is 19.8. The van der Waals surface area contributed by atoms with Crippen LogP contribution in [0, 0.1) is 0 Å². The highest BCUT2D eigenvalue weighted by Gasteiger charge is 2.37. The number of nitrogens with one attached hydrogen (secondary N) is 1. The van der Waals surface area contributed by atoms with E-state index in [1.165, 1.54) is 10.4 Å². The maximum absolute atomic E-state index is 13.1. The highest BCUT2D eigenvalue weighted by Crippen LogP contribution is 2.39. The summed E-state index contributed by atoms with van der Waals surface area (Å²) in [6.45, 7) is 0.0609. The van der Waals surface area contributed by atoms with Gasteiger partial charge in [0.15, 0.2) is 0 Å². The van der Waals surface area contributed by atoms with Crippen molar-refractivity contribution in [3.63, 3.8) is 0 Å². The summed E-state index contributed by atoms with van der Waals surface area (Å²) in [7, 11) is 3.99. The van der Waals surface area contributed by atoms with Crippen molar-refractivity contribution in [2.45, 2.75) is 50.4 Å². The molecule has 4 rings (SSSR count). The molecule has 0 bridgehead atoms. The van der Waals surface area contributed by atoms with Crippen LogP contribution in [0.1, 0.15) is 29.7 Å². The predicted molar refractivity (Wildman–Crippen MR) is 106 cm³/mol. The van der Waals surface area contributed by atoms with E-state index in [9.17, 15) is 13.2 Å². The lowest BCUT2D eigenvalue weighted by Crippen LogP contribution is -2.53. The van der Waals surface area contributed by atoms with E-state index in [0.29, 0.717) is 25.6 Å². The van der Waals surface area contributed by atoms with Gasteiger partial charge in [-0.25, -0.2) is 9.97 Å². The van der Waals surface area contributed by atoms with Gasteiger partial charge >= 0.3 is 6.18 Å². The van der Waals surface area contributed by atoms with Gasteiger partial charge < -0.3 is 10.2 Å². The second kappa shape index (κ2) is 7.76. The molecule has 0 spiro atoms. The van der Waals surface area contributed by atoms with Crippen LogP contribution < -0.4 is 5.32 Å². The monoisotopic (exact) mass is 413 g/mol. The molecule has 28 heavy (non-hydrogen) atoms. The third-order valence-electron chi connectivity index (χ3n) is 5.93. The van der Waals surface area contributed by atoms with Crippen LogP contribution in [-0.2, 0) is 12.8 Å². The minimum atomic E-state index is -4.18. The molecule has 1 fully saturated rings. The van der Waals surface area contributed by atoms with Crippen molar-refractivity contribution >= 4 is 27.4 Å². The van der Waals surface area contributed by atoms with Crippen LogP contribution in [-0.4, -0.2) is 71.8 Å². The van der Waals surface area contributed by atoms with Crippen LogP contribution in [0.5, 0.6) is 0 Å². The zero-order valence-corrected chi connectivity index (χ0v) is 17.0. The Hall–Kier alpha value is -1.45. The predicted octanol–water partition coefficient (Wildman–Crippen LogP) is 3.55. The summed E-state index contributed by atoms with van der Waals surface area (Å²) < 4.78 is 39.2. The van der Waals surface area contributed by atoms with Crippen LogP contribution >= 0.6 is 11.3 Å². The molecule has 2 aromatic rings. The van der Waals surface area contributed by atoms with Gasteiger partial charge in [0.05, 0.1) is 11.9 Å². The normalized spacial score (nSPS) is 23.5. The van der Waals surface area contributed by atoms with Crippen LogP contribution in [0.4, 0.5) is 19.0 Å². The highest BCUT2D eigenvalue weighted by molar-refractivity contribution is 7.19. The number of nitrogens with zero attached hydrogens (tertiary/aromatic N) is 4.